The molecule has 0 aliphatic heterocycles. The minimum atomic E-state index is -1.30. The van der Waals surface area contributed by atoms with Crippen molar-refractivity contribution in [3.63, 3.8) is 0 Å². The molecule has 4 aliphatic carbocycles. The highest BCUT2D eigenvalue weighted by atomic mass is 16.5. The van der Waals surface area contributed by atoms with Crippen molar-refractivity contribution in [3.05, 3.63) is 12.2 Å². The van der Waals surface area contributed by atoms with Crippen LogP contribution in [-0.2, 0) is 19.1 Å². The fourth-order valence-corrected chi connectivity index (χ4v) is 6.31. The Bertz CT molecular complexity index is 621. The van der Waals surface area contributed by atoms with Crippen LogP contribution in [0.1, 0.15) is 33.1 Å². The van der Waals surface area contributed by atoms with Gasteiger partial charge < -0.3 is 4.74 Å². The molecule has 4 heteroatoms. The van der Waals surface area contributed by atoms with E-state index in [1.807, 2.05) is 26.0 Å². The number of rotatable bonds is 1. The summed E-state index contributed by atoms with van der Waals surface area (Å²) in [4.78, 5) is 39.7. The zero-order valence-corrected chi connectivity index (χ0v) is 14.0. The van der Waals surface area contributed by atoms with Gasteiger partial charge in [0.1, 0.15) is 11.2 Å². The minimum absolute atomic E-state index is 0.00477. The molecule has 0 aromatic heterocycles. The number of ketones is 2. The third-order valence-corrected chi connectivity index (χ3v) is 7.22. The van der Waals surface area contributed by atoms with E-state index in [1.54, 1.807) is 0 Å². The van der Waals surface area contributed by atoms with Gasteiger partial charge in [0.25, 0.3) is 0 Å². The van der Waals surface area contributed by atoms with Crippen LogP contribution in [0.4, 0.5) is 0 Å². The Morgan fingerprint density at radius 1 is 1.13 bits per heavy atom. The van der Waals surface area contributed by atoms with Crippen molar-refractivity contribution in [2.45, 2.75) is 33.1 Å². The Kier molecular flexibility index (Phi) is 3.14. The second-order valence-corrected chi connectivity index (χ2v) is 8.02. The van der Waals surface area contributed by atoms with Crippen LogP contribution < -0.4 is 0 Å². The number of allylic oxidation sites excluding steroid dienone is 2. The summed E-state index contributed by atoms with van der Waals surface area (Å²) >= 11 is 0. The van der Waals surface area contributed by atoms with Gasteiger partial charge >= 0.3 is 5.97 Å². The van der Waals surface area contributed by atoms with Crippen molar-refractivity contribution >= 4 is 17.5 Å². The molecule has 3 saturated carbocycles. The number of esters is 1. The van der Waals surface area contributed by atoms with E-state index < -0.39 is 17.3 Å². The van der Waals surface area contributed by atoms with Crippen LogP contribution in [0.3, 0.4) is 0 Å². The Hall–Kier alpha value is -1.45. The zero-order valence-electron chi connectivity index (χ0n) is 14.0. The Morgan fingerprint density at radius 2 is 1.78 bits per heavy atom. The Balaban J connectivity index is 1.91. The van der Waals surface area contributed by atoms with Gasteiger partial charge in [0, 0.05) is 17.8 Å². The van der Waals surface area contributed by atoms with Crippen molar-refractivity contribution in [2.24, 2.45) is 46.8 Å². The predicted octanol–water partition coefficient (Wildman–Crippen LogP) is 2.42. The molecule has 0 aromatic carbocycles. The zero-order chi connectivity index (χ0) is 16.5. The van der Waals surface area contributed by atoms with E-state index in [-0.39, 0.29) is 41.2 Å². The number of fused-ring (bicyclic) bond motifs is 6. The molecule has 0 amide bonds. The summed E-state index contributed by atoms with van der Waals surface area (Å²) in [6, 6.07) is 0. The van der Waals surface area contributed by atoms with Gasteiger partial charge in [0.2, 0.25) is 0 Å². The standard InChI is InChI=1S/C19H24O4/c1-9-4-5-10(2)19(18(22)23-3)15(9)16(20)13-11-6-7-12(8-11)14(13)17(19)21/h4-5,9-15H,6-8H2,1-3H3/t9-,10+,11+,12-,13?,14?,15?,19?/m0/s1. The summed E-state index contributed by atoms with van der Waals surface area (Å²) in [5.74, 6) is -1.06. The number of Topliss-reactive ketones (excluding diaryl/α,β-unsaturated/α-hetero) is 2. The van der Waals surface area contributed by atoms with E-state index in [2.05, 4.69) is 0 Å². The van der Waals surface area contributed by atoms with Crippen LogP contribution in [0.2, 0.25) is 0 Å². The van der Waals surface area contributed by atoms with Crippen molar-refractivity contribution in [1.29, 1.82) is 0 Å². The molecule has 0 heterocycles. The van der Waals surface area contributed by atoms with Crippen LogP contribution in [-0.4, -0.2) is 24.6 Å². The highest BCUT2D eigenvalue weighted by Gasteiger charge is 2.71. The van der Waals surface area contributed by atoms with Gasteiger partial charge in [0.15, 0.2) is 5.78 Å². The summed E-state index contributed by atoms with van der Waals surface area (Å²) < 4.78 is 5.07. The van der Waals surface area contributed by atoms with Crippen molar-refractivity contribution < 1.29 is 19.1 Å². The number of hydrogen-bond acceptors (Lipinski definition) is 4. The quantitative estimate of drug-likeness (QED) is 0.423. The molecule has 4 unspecified atom stereocenters. The summed E-state index contributed by atoms with van der Waals surface area (Å²) in [5, 5.41) is 0. The first kappa shape index (κ1) is 15.1. The maximum Gasteiger partial charge on any atom is 0.320 e. The van der Waals surface area contributed by atoms with Gasteiger partial charge in [-0.05, 0) is 42.9 Å². The van der Waals surface area contributed by atoms with Gasteiger partial charge in [-0.3, -0.25) is 14.4 Å². The molecule has 8 atom stereocenters. The number of ether oxygens (including phenoxy) is 1. The first-order chi connectivity index (χ1) is 10.9. The number of hydrogen-bond donors (Lipinski definition) is 0. The molecule has 4 nitrogen and oxygen atoms in total. The maximum atomic E-state index is 13.6. The molecule has 0 radical (unpaired) electrons. The van der Waals surface area contributed by atoms with Crippen LogP contribution in [0.25, 0.3) is 0 Å². The average Bonchev–Trinajstić information content (AvgIpc) is 3.15. The number of carbonyl (C=O) groups excluding carboxylic acids is 3. The van der Waals surface area contributed by atoms with E-state index in [0.29, 0.717) is 5.92 Å². The van der Waals surface area contributed by atoms with Crippen LogP contribution in [0, 0.1) is 46.8 Å². The fraction of sp³-hybridized carbons (Fsp3) is 0.737. The van der Waals surface area contributed by atoms with Gasteiger partial charge in [-0.15, -0.1) is 0 Å². The highest BCUT2D eigenvalue weighted by Crippen LogP contribution is 2.63. The Labute approximate surface area is 136 Å². The second-order valence-electron chi connectivity index (χ2n) is 8.02. The molecule has 124 valence electrons. The lowest BCUT2D eigenvalue weighted by atomic mass is 9.47. The van der Waals surface area contributed by atoms with Crippen molar-refractivity contribution in [3.8, 4) is 0 Å². The smallest absolute Gasteiger partial charge is 0.320 e. The van der Waals surface area contributed by atoms with E-state index in [4.69, 9.17) is 4.74 Å². The summed E-state index contributed by atoms with van der Waals surface area (Å²) in [5.41, 5.74) is -1.30. The SMILES string of the molecule is COC(=O)C12C(=O)C3C(C(=O)C1[C@@H](C)C=C[C@H]2C)[C@@H]1CC[C@H]3C1. The van der Waals surface area contributed by atoms with Crippen LogP contribution >= 0.6 is 0 Å². The molecule has 0 saturated heterocycles. The normalized spacial score (nSPS) is 50.7. The largest absolute Gasteiger partial charge is 0.468 e. The van der Waals surface area contributed by atoms with E-state index in [1.165, 1.54) is 7.11 Å². The van der Waals surface area contributed by atoms with Crippen LogP contribution in [0.15, 0.2) is 12.2 Å². The third kappa shape index (κ3) is 1.60. The first-order valence-electron chi connectivity index (χ1n) is 8.79. The lowest BCUT2D eigenvalue weighted by molar-refractivity contribution is -0.180. The molecular weight excluding hydrogens is 292 g/mol. The summed E-state index contributed by atoms with van der Waals surface area (Å²) in [7, 11) is 1.33. The molecule has 23 heavy (non-hydrogen) atoms. The Morgan fingerprint density at radius 3 is 2.43 bits per heavy atom. The summed E-state index contributed by atoms with van der Waals surface area (Å²) in [6.45, 7) is 3.83. The average molecular weight is 316 g/mol. The number of methoxy groups -OCH3 is 1. The topological polar surface area (TPSA) is 60.4 Å². The highest BCUT2D eigenvalue weighted by molar-refractivity contribution is 6.14. The monoisotopic (exact) mass is 316 g/mol. The molecule has 4 aliphatic rings. The molecule has 2 bridgehead atoms. The van der Waals surface area contributed by atoms with Gasteiger partial charge in [-0.2, -0.15) is 0 Å². The first-order valence-corrected chi connectivity index (χ1v) is 8.79. The molecule has 0 N–H and O–H groups in total. The third-order valence-electron chi connectivity index (χ3n) is 7.22. The lowest BCUT2D eigenvalue weighted by Gasteiger charge is -2.52. The minimum Gasteiger partial charge on any atom is -0.468 e. The van der Waals surface area contributed by atoms with E-state index >= 15 is 0 Å². The van der Waals surface area contributed by atoms with Gasteiger partial charge in [0.05, 0.1) is 7.11 Å². The van der Waals surface area contributed by atoms with Crippen molar-refractivity contribution in [1.82, 2.24) is 0 Å². The van der Waals surface area contributed by atoms with Crippen LogP contribution in [0.5, 0.6) is 0 Å². The fourth-order valence-electron chi connectivity index (χ4n) is 6.31. The van der Waals surface area contributed by atoms with E-state index in [9.17, 15) is 14.4 Å². The molecule has 3 fully saturated rings. The maximum absolute atomic E-state index is 13.6. The number of carbonyl (C=O) groups is 3. The van der Waals surface area contributed by atoms with Crippen molar-refractivity contribution in [2.75, 3.05) is 7.11 Å². The molecule has 0 spiro atoms. The lowest BCUT2D eigenvalue weighted by Crippen LogP contribution is -2.64. The molecular formula is C19H24O4. The molecule has 4 rings (SSSR count). The second kappa shape index (κ2) is 4.78. The van der Waals surface area contributed by atoms with Gasteiger partial charge in [-0.1, -0.05) is 26.0 Å². The van der Waals surface area contributed by atoms with Gasteiger partial charge in [-0.25, -0.2) is 0 Å². The molecule has 0 aromatic rings. The van der Waals surface area contributed by atoms with E-state index in [0.717, 1.165) is 19.3 Å². The summed E-state index contributed by atoms with van der Waals surface area (Å²) in [6.07, 6.45) is 6.98. The predicted molar refractivity (Wildman–Crippen MR) is 83.2 cm³/mol.